The lowest BCUT2D eigenvalue weighted by Gasteiger charge is -1.76. The molecule has 2 aliphatic carbocycles. The van der Waals surface area contributed by atoms with Crippen molar-refractivity contribution in [3.05, 3.63) is 47.6 Å². The first kappa shape index (κ1) is 4.80. The summed E-state index contributed by atoms with van der Waals surface area (Å²) in [6.45, 7) is 0. The second kappa shape index (κ2) is 1.73. The molecule has 0 aliphatic heterocycles. The van der Waals surface area contributed by atoms with Crippen molar-refractivity contribution in [3.8, 4) is 0 Å². The van der Waals surface area contributed by atoms with Gasteiger partial charge in [0.05, 0.1) is 0 Å². The van der Waals surface area contributed by atoms with Crippen LogP contribution in [-0.4, -0.2) is 0 Å². The van der Waals surface area contributed by atoms with E-state index in [4.69, 9.17) is 0 Å². The molecule has 0 aromatic heterocycles. The topological polar surface area (TPSA) is 0 Å². The molecule has 0 bridgehead atoms. The van der Waals surface area contributed by atoms with E-state index in [0.29, 0.717) is 0 Å². The number of allylic oxidation sites excluding steroid dienone is 8. The highest BCUT2D eigenvalue weighted by atomic mass is 14.2. The molecule has 0 N–H and O–H groups in total. The van der Waals surface area contributed by atoms with Gasteiger partial charge < -0.3 is 0 Å². The molecule has 0 spiro atoms. The zero-order valence-corrected chi connectivity index (χ0v) is 5.17. The van der Waals surface area contributed by atoms with Crippen LogP contribution >= 0.6 is 0 Å². The summed E-state index contributed by atoms with van der Waals surface area (Å²) >= 11 is 0. The molecule has 0 atom stereocenters. The molecule has 9 heavy (non-hydrogen) atoms. The Labute approximate surface area is 54.9 Å². The van der Waals surface area contributed by atoms with Gasteiger partial charge in [0.15, 0.2) is 0 Å². The summed E-state index contributed by atoms with van der Waals surface area (Å²) < 4.78 is 0. The van der Waals surface area contributed by atoms with E-state index in [2.05, 4.69) is 36.5 Å². The van der Waals surface area contributed by atoms with E-state index in [9.17, 15) is 0 Å². The van der Waals surface area contributed by atoms with E-state index in [1.165, 1.54) is 17.6 Å². The molecule has 0 heteroatoms. The smallest absolute Gasteiger partial charge is 0.00201 e. The maximum absolute atomic E-state index is 2.18. The monoisotopic (exact) mass is 116 g/mol. The molecule has 0 unspecified atom stereocenters. The number of hydrogen-bond donors (Lipinski definition) is 0. The van der Waals surface area contributed by atoms with Gasteiger partial charge in [0.1, 0.15) is 0 Å². The SMILES string of the molecule is C1=C\C=C/C2=C(\C=C/1)C2. The Morgan fingerprint density at radius 1 is 0.778 bits per heavy atom. The molecule has 0 nitrogen and oxygen atoms in total. The molecule has 0 aromatic carbocycles. The minimum Gasteiger partial charge on any atom is -0.0623 e. The van der Waals surface area contributed by atoms with Gasteiger partial charge >= 0.3 is 0 Å². The Morgan fingerprint density at radius 2 is 1.33 bits per heavy atom. The van der Waals surface area contributed by atoms with Crippen LogP contribution in [0.4, 0.5) is 0 Å². The van der Waals surface area contributed by atoms with Crippen molar-refractivity contribution in [2.75, 3.05) is 0 Å². The molecule has 44 valence electrons. The third-order valence-electron chi connectivity index (χ3n) is 1.60. The van der Waals surface area contributed by atoms with Crippen molar-refractivity contribution in [1.29, 1.82) is 0 Å². The maximum atomic E-state index is 2.18. The molecule has 0 heterocycles. The van der Waals surface area contributed by atoms with Crippen molar-refractivity contribution in [2.24, 2.45) is 0 Å². The largest absolute Gasteiger partial charge is 0.0623 e. The van der Waals surface area contributed by atoms with Crippen LogP contribution in [0.5, 0.6) is 0 Å². The second-order valence-corrected chi connectivity index (χ2v) is 2.33. The van der Waals surface area contributed by atoms with Gasteiger partial charge in [0.25, 0.3) is 0 Å². The maximum Gasteiger partial charge on any atom is -0.00201 e. The standard InChI is InChI=1S/C9H8/c1-2-4-6-9-7-8(9)5-3-1/h1-6H,7H2/b2-1-,3-1?,4-2?,5-3-,6-4-,8-5?,9-6?. The zero-order chi connectivity index (χ0) is 6.10. The van der Waals surface area contributed by atoms with E-state index in [1.807, 2.05) is 0 Å². The Hall–Kier alpha value is -1.04. The van der Waals surface area contributed by atoms with E-state index in [1.54, 1.807) is 0 Å². The van der Waals surface area contributed by atoms with Crippen LogP contribution in [0.15, 0.2) is 47.6 Å². The molecule has 0 radical (unpaired) electrons. The van der Waals surface area contributed by atoms with Crippen LogP contribution in [0.1, 0.15) is 6.42 Å². The van der Waals surface area contributed by atoms with Crippen LogP contribution < -0.4 is 0 Å². The van der Waals surface area contributed by atoms with E-state index in [-0.39, 0.29) is 0 Å². The Balaban J connectivity index is 2.31. The lowest BCUT2D eigenvalue weighted by molar-refractivity contribution is 1.54. The second-order valence-electron chi connectivity index (χ2n) is 2.33. The predicted octanol–water partition coefficient (Wildman–Crippen LogP) is 2.37. The third-order valence-corrected chi connectivity index (χ3v) is 1.60. The summed E-state index contributed by atoms with van der Waals surface area (Å²) in [4.78, 5) is 0. The fourth-order valence-electron chi connectivity index (χ4n) is 0.965. The minimum absolute atomic E-state index is 1.20. The first-order chi connectivity index (χ1) is 4.47. The third kappa shape index (κ3) is 0.879. The van der Waals surface area contributed by atoms with Crippen molar-refractivity contribution in [1.82, 2.24) is 0 Å². The Bertz CT molecular complexity index is 213. The molecule has 2 aliphatic rings. The van der Waals surface area contributed by atoms with Gasteiger partial charge in [0.2, 0.25) is 0 Å². The van der Waals surface area contributed by atoms with Crippen molar-refractivity contribution in [2.45, 2.75) is 6.42 Å². The van der Waals surface area contributed by atoms with E-state index < -0.39 is 0 Å². The van der Waals surface area contributed by atoms with E-state index >= 15 is 0 Å². The molecule has 0 amide bonds. The van der Waals surface area contributed by atoms with E-state index in [0.717, 1.165) is 0 Å². The van der Waals surface area contributed by atoms with Gasteiger partial charge in [-0.25, -0.2) is 0 Å². The number of rotatable bonds is 0. The van der Waals surface area contributed by atoms with Crippen LogP contribution in [-0.2, 0) is 0 Å². The van der Waals surface area contributed by atoms with Crippen molar-refractivity contribution in [3.63, 3.8) is 0 Å². The average Bonchev–Trinajstić information content (AvgIpc) is 2.46. The van der Waals surface area contributed by atoms with Gasteiger partial charge in [-0.15, -0.1) is 0 Å². The fraction of sp³-hybridized carbons (Fsp3) is 0.111. The summed E-state index contributed by atoms with van der Waals surface area (Å²) in [7, 11) is 0. The summed E-state index contributed by atoms with van der Waals surface area (Å²) in [6.07, 6.45) is 13.8. The first-order valence-corrected chi connectivity index (χ1v) is 3.20. The highest BCUT2D eigenvalue weighted by molar-refractivity contribution is 5.52. The highest BCUT2D eigenvalue weighted by Gasteiger charge is 2.14. The summed E-state index contributed by atoms with van der Waals surface area (Å²) in [5.41, 5.74) is 2.99. The lowest BCUT2D eigenvalue weighted by atomic mass is 10.3. The van der Waals surface area contributed by atoms with Gasteiger partial charge in [0, 0.05) is 0 Å². The lowest BCUT2D eigenvalue weighted by Crippen LogP contribution is -1.55. The Kier molecular flexibility index (Phi) is 0.922. The summed E-state index contributed by atoms with van der Waals surface area (Å²) in [5.74, 6) is 0. The minimum atomic E-state index is 1.20. The molecule has 0 saturated carbocycles. The first-order valence-electron chi connectivity index (χ1n) is 3.20. The molecular weight excluding hydrogens is 108 g/mol. The van der Waals surface area contributed by atoms with Crippen LogP contribution in [0.2, 0.25) is 0 Å². The summed E-state index contributed by atoms with van der Waals surface area (Å²) in [6, 6.07) is 0. The van der Waals surface area contributed by atoms with Crippen LogP contribution in [0.3, 0.4) is 0 Å². The Morgan fingerprint density at radius 3 is 1.89 bits per heavy atom. The van der Waals surface area contributed by atoms with Gasteiger partial charge in [-0.3, -0.25) is 0 Å². The van der Waals surface area contributed by atoms with Gasteiger partial charge in [-0.2, -0.15) is 0 Å². The normalized spacial score (nSPS) is 32.0. The predicted molar refractivity (Wildman–Crippen MR) is 39.1 cm³/mol. The molecule has 0 saturated heterocycles. The van der Waals surface area contributed by atoms with Crippen molar-refractivity contribution < 1.29 is 0 Å². The van der Waals surface area contributed by atoms with Crippen molar-refractivity contribution >= 4 is 0 Å². The van der Waals surface area contributed by atoms with Gasteiger partial charge in [-0.1, -0.05) is 36.5 Å². The molecule has 2 rings (SSSR count). The fourth-order valence-corrected chi connectivity index (χ4v) is 0.965. The molecule has 0 fully saturated rings. The molecule has 0 aromatic rings. The molecular formula is C9H8. The van der Waals surface area contributed by atoms with Crippen LogP contribution in [0.25, 0.3) is 0 Å². The zero-order valence-electron chi connectivity index (χ0n) is 5.17. The average molecular weight is 116 g/mol. The quantitative estimate of drug-likeness (QED) is 0.455. The van der Waals surface area contributed by atoms with Gasteiger partial charge in [-0.05, 0) is 17.6 Å². The highest BCUT2D eigenvalue weighted by Crippen LogP contribution is 2.33. The summed E-state index contributed by atoms with van der Waals surface area (Å²) in [5, 5.41) is 0. The number of hydrogen-bond acceptors (Lipinski definition) is 0. The van der Waals surface area contributed by atoms with Crippen LogP contribution in [0, 0.1) is 0 Å².